The quantitative estimate of drug-likeness (QED) is 0.410. The molecule has 1 aromatic carbocycles. The summed E-state index contributed by atoms with van der Waals surface area (Å²) < 4.78 is 5.55. The Morgan fingerprint density at radius 1 is 1.36 bits per heavy atom. The monoisotopic (exact) mass is 470 g/mol. The molecule has 0 unspecified atom stereocenters. The summed E-state index contributed by atoms with van der Waals surface area (Å²) in [6, 6.07) is 5.21. The molecule has 1 heterocycles. The predicted molar refractivity (Wildman–Crippen MR) is 103 cm³/mol. The van der Waals surface area contributed by atoms with Crippen LogP contribution in [0.4, 0.5) is 5.82 Å². The third-order valence-corrected chi connectivity index (χ3v) is 3.52. The maximum Gasteiger partial charge on any atom is 0.234 e. The number of aliphatic imine (C=N–C) groups is 1. The van der Waals surface area contributed by atoms with Crippen LogP contribution in [0.1, 0.15) is 5.56 Å². The Morgan fingerprint density at radius 2 is 2.14 bits per heavy atom. The third kappa shape index (κ3) is 5.79. The van der Waals surface area contributed by atoms with Gasteiger partial charge in [0, 0.05) is 15.6 Å². The van der Waals surface area contributed by atoms with Gasteiger partial charge < -0.3 is 10.5 Å². The highest BCUT2D eigenvalue weighted by molar-refractivity contribution is 14.0. The summed E-state index contributed by atoms with van der Waals surface area (Å²) in [5.74, 6) is 0.734. The number of aromatic nitrogens is 2. The van der Waals surface area contributed by atoms with E-state index in [1.165, 1.54) is 24.2 Å². The highest BCUT2D eigenvalue weighted by Gasteiger charge is 2.04. The molecule has 0 radical (unpaired) electrons. The molecule has 0 aliphatic carbocycles. The van der Waals surface area contributed by atoms with Crippen LogP contribution in [0.5, 0.6) is 5.88 Å². The number of ether oxygens (including phenoxy) is 1. The number of thioether (sulfide) groups is 1. The van der Waals surface area contributed by atoms with Crippen LogP contribution in [-0.2, 0) is 6.61 Å². The highest BCUT2D eigenvalue weighted by atomic mass is 127. The molecule has 0 bridgehead atoms. The number of halogens is 3. The van der Waals surface area contributed by atoms with Gasteiger partial charge in [0.15, 0.2) is 11.0 Å². The molecule has 1 aromatic heterocycles. The van der Waals surface area contributed by atoms with E-state index in [0.29, 0.717) is 26.9 Å². The number of hydrogen-bond donors (Lipinski definition) is 1. The maximum absolute atomic E-state index is 6.07. The van der Waals surface area contributed by atoms with Crippen LogP contribution in [0.15, 0.2) is 35.6 Å². The first kappa shape index (κ1) is 19.3. The van der Waals surface area contributed by atoms with Gasteiger partial charge in [-0.05, 0) is 18.4 Å². The lowest BCUT2D eigenvalue weighted by molar-refractivity contribution is 0.293. The number of hydrogen-bond acceptors (Lipinski definition) is 5. The summed E-state index contributed by atoms with van der Waals surface area (Å²) in [4.78, 5) is 12.3. The van der Waals surface area contributed by atoms with Gasteiger partial charge in [-0.2, -0.15) is 4.98 Å². The van der Waals surface area contributed by atoms with Gasteiger partial charge in [0.05, 0.1) is 12.4 Å². The first-order valence-electron chi connectivity index (χ1n) is 5.85. The number of nitrogens with two attached hydrogens (primary N) is 1. The zero-order valence-corrected chi connectivity index (χ0v) is 16.2. The number of benzene rings is 1. The number of nitrogens with zero attached hydrogens (tertiary/aromatic N) is 3. The average Bonchev–Trinajstić information content (AvgIpc) is 2.46. The second kappa shape index (κ2) is 9.39. The average molecular weight is 471 g/mol. The molecule has 0 spiro atoms. The lowest BCUT2D eigenvalue weighted by atomic mass is 10.2. The summed E-state index contributed by atoms with van der Waals surface area (Å²) in [5.41, 5.74) is 6.43. The molecule has 2 rings (SSSR count). The lowest BCUT2D eigenvalue weighted by Crippen LogP contribution is -2.05. The molecule has 0 amide bonds. The molecule has 0 aliphatic heterocycles. The first-order valence-corrected chi connectivity index (χ1v) is 7.83. The van der Waals surface area contributed by atoms with Gasteiger partial charge in [0.25, 0.3) is 0 Å². The van der Waals surface area contributed by atoms with Crippen molar-refractivity contribution in [2.45, 2.75) is 6.61 Å². The van der Waals surface area contributed by atoms with Crippen molar-refractivity contribution in [2.75, 3.05) is 6.26 Å². The lowest BCUT2D eigenvalue weighted by Gasteiger charge is -2.07. The Bertz CT molecular complexity index is 672. The second-order valence-corrected chi connectivity index (χ2v) is 5.56. The SMILES string of the molecule is CS/C(N)=N/c1cncc(OCc2ccc(Cl)cc2Cl)n1.I. The van der Waals surface area contributed by atoms with Crippen molar-refractivity contribution in [1.29, 1.82) is 0 Å². The molecule has 0 atom stereocenters. The van der Waals surface area contributed by atoms with E-state index in [1.54, 1.807) is 18.2 Å². The fourth-order valence-electron chi connectivity index (χ4n) is 1.41. The van der Waals surface area contributed by atoms with E-state index in [4.69, 9.17) is 33.7 Å². The third-order valence-electron chi connectivity index (χ3n) is 2.42. The Labute approximate surface area is 159 Å². The number of rotatable bonds is 4. The molecule has 0 fully saturated rings. The minimum Gasteiger partial charge on any atom is -0.472 e. The van der Waals surface area contributed by atoms with Crippen molar-refractivity contribution in [3.05, 3.63) is 46.2 Å². The molecule has 0 saturated carbocycles. The van der Waals surface area contributed by atoms with Gasteiger partial charge in [-0.3, -0.25) is 4.98 Å². The topological polar surface area (TPSA) is 73.4 Å². The van der Waals surface area contributed by atoms with Gasteiger partial charge in [-0.1, -0.05) is 41.0 Å². The fraction of sp³-hybridized carbons (Fsp3) is 0.154. The zero-order valence-electron chi connectivity index (χ0n) is 11.5. The standard InChI is InChI=1S/C13H12Cl2N4OS.HI/c1-21-13(16)19-11-5-17-6-12(18-11)20-7-8-2-3-9(14)4-10(8)15;/h2-6H,7H2,1H3,(H2,16,18,19);1H. The summed E-state index contributed by atoms with van der Waals surface area (Å²) in [7, 11) is 0. The highest BCUT2D eigenvalue weighted by Crippen LogP contribution is 2.22. The van der Waals surface area contributed by atoms with Crippen LogP contribution in [0.3, 0.4) is 0 Å². The molecule has 22 heavy (non-hydrogen) atoms. The number of amidine groups is 1. The molecule has 118 valence electrons. The normalized spacial score (nSPS) is 11.0. The molecule has 2 N–H and O–H groups in total. The van der Waals surface area contributed by atoms with Crippen molar-refractivity contribution >= 4 is 69.9 Å². The summed E-state index contributed by atoms with van der Waals surface area (Å²) >= 11 is 13.2. The van der Waals surface area contributed by atoms with Gasteiger partial charge in [0.2, 0.25) is 5.88 Å². The summed E-state index contributed by atoms with van der Waals surface area (Å²) in [5, 5.41) is 1.52. The van der Waals surface area contributed by atoms with Crippen LogP contribution in [0.2, 0.25) is 10.0 Å². The van der Waals surface area contributed by atoms with Crippen molar-refractivity contribution in [3.8, 4) is 5.88 Å². The van der Waals surface area contributed by atoms with E-state index in [9.17, 15) is 0 Å². The van der Waals surface area contributed by atoms with Crippen molar-refractivity contribution in [1.82, 2.24) is 9.97 Å². The smallest absolute Gasteiger partial charge is 0.234 e. The van der Waals surface area contributed by atoms with E-state index >= 15 is 0 Å². The molecule has 9 heteroatoms. The van der Waals surface area contributed by atoms with Crippen molar-refractivity contribution in [3.63, 3.8) is 0 Å². The van der Waals surface area contributed by atoms with Crippen LogP contribution in [0, 0.1) is 0 Å². The molecule has 5 nitrogen and oxygen atoms in total. The Morgan fingerprint density at radius 3 is 2.82 bits per heavy atom. The predicted octanol–water partition coefficient (Wildman–Crippen LogP) is 4.29. The summed E-state index contributed by atoms with van der Waals surface area (Å²) in [6.45, 7) is 0.260. The molecule has 2 aromatic rings. The van der Waals surface area contributed by atoms with E-state index in [0.717, 1.165) is 5.56 Å². The fourth-order valence-corrected chi connectivity index (χ4v) is 2.06. The minimum absolute atomic E-state index is 0. The molecule has 0 saturated heterocycles. The second-order valence-electron chi connectivity index (χ2n) is 3.89. The van der Waals surface area contributed by atoms with Crippen LogP contribution in [0.25, 0.3) is 0 Å². The van der Waals surface area contributed by atoms with E-state index in [2.05, 4.69) is 15.0 Å². The Kier molecular flexibility index (Phi) is 8.23. The van der Waals surface area contributed by atoms with E-state index < -0.39 is 0 Å². The van der Waals surface area contributed by atoms with Crippen LogP contribution in [-0.4, -0.2) is 21.4 Å². The van der Waals surface area contributed by atoms with Gasteiger partial charge in [0.1, 0.15) is 6.61 Å². The van der Waals surface area contributed by atoms with Gasteiger partial charge in [-0.15, -0.1) is 24.0 Å². The minimum atomic E-state index is 0. The molecular formula is C13H13Cl2IN4OS. The van der Waals surface area contributed by atoms with Crippen LogP contribution >= 0.6 is 58.9 Å². The Balaban J connectivity index is 0.00000242. The van der Waals surface area contributed by atoms with Crippen molar-refractivity contribution < 1.29 is 4.74 Å². The van der Waals surface area contributed by atoms with E-state index in [-0.39, 0.29) is 30.6 Å². The van der Waals surface area contributed by atoms with Crippen molar-refractivity contribution in [2.24, 2.45) is 10.7 Å². The molecule has 0 aliphatic rings. The zero-order chi connectivity index (χ0) is 15.2. The van der Waals surface area contributed by atoms with Crippen LogP contribution < -0.4 is 10.5 Å². The molecular weight excluding hydrogens is 458 g/mol. The summed E-state index contributed by atoms with van der Waals surface area (Å²) in [6.07, 6.45) is 4.83. The Hall–Kier alpha value is -0.770. The maximum atomic E-state index is 6.07. The van der Waals surface area contributed by atoms with Gasteiger partial charge >= 0.3 is 0 Å². The first-order chi connectivity index (χ1) is 10.1. The van der Waals surface area contributed by atoms with E-state index in [1.807, 2.05) is 6.26 Å². The van der Waals surface area contributed by atoms with Gasteiger partial charge in [-0.25, -0.2) is 4.99 Å². The largest absolute Gasteiger partial charge is 0.472 e.